The molecule has 3 nitrogen and oxygen atoms in total. The molecular weight excluding hydrogens is 341 g/mol. The molecule has 0 radical (unpaired) electrons. The second kappa shape index (κ2) is 8.39. The van der Waals surface area contributed by atoms with E-state index in [-0.39, 0.29) is 11.2 Å². The summed E-state index contributed by atoms with van der Waals surface area (Å²) in [5.74, 6) is 0.679. The molecule has 1 fully saturated rings. The molecule has 1 aromatic carbocycles. The van der Waals surface area contributed by atoms with Crippen molar-refractivity contribution in [2.24, 2.45) is 5.92 Å². The third-order valence-electron chi connectivity index (χ3n) is 5.61. The summed E-state index contributed by atoms with van der Waals surface area (Å²) in [6.07, 6.45) is 6.76. The maximum atomic E-state index is 14.7. The number of rotatable bonds is 7. The molecule has 0 atom stereocenters. The maximum Gasteiger partial charge on any atom is 0.213 e. The molecule has 0 saturated heterocycles. The number of hydrogen-bond acceptors (Lipinski definition) is 3. The molecule has 0 N–H and O–H groups in total. The average Bonchev–Trinajstić information content (AvgIpc) is 3.12. The highest BCUT2D eigenvalue weighted by molar-refractivity contribution is 5.71. The first kappa shape index (κ1) is 19.8. The largest absolute Gasteiger partial charge is 0.481 e. The molecular formula is C23H30FNO2. The van der Waals surface area contributed by atoms with Gasteiger partial charge in [0.2, 0.25) is 5.88 Å². The summed E-state index contributed by atoms with van der Waals surface area (Å²) in [7, 11) is 3.31. The Kier molecular flexibility index (Phi) is 6.15. The van der Waals surface area contributed by atoms with Gasteiger partial charge in [0.1, 0.15) is 5.82 Å². The van der Waals surface area contributed by atoms with Gasteiger partial charge in [-0.3, -0.25) is 0 Å². The molecule has 0 spiro atoms. The fourth-order valence-corrected chi connectivity index (χ4v) is 4.42. The van der Waals surface area contributed by atoms with E-state index < -0.39 is 0 Å². The highest BCUT2D eigenvalue weighted by Gasteiger charge is 2.38. The molecule has 0 unspecified atom stereocenters. The molecule has 27 heavy (non-hydrogen) atoms. The Balaban J connectivity index is 2.19. The van der Waals surface area contributed by atoms with Gasteiger partial charge >= 0.3 is 0 Å². The molecule has 1 saturated carbocycles. The Bertz CT molecular complexity index is 782. The number of halogens is 1. The quantitative estimate of drug-likeness (QED) is 0.639. The van der Waals surface area contributed by atoms with E-state index in [9.17, 15) is 4.39 Å². The minimum absolute atomic E-state index is 0.0555. The lowest BCUT2D eigenvalue weighted by Gasteiger charge is -2.32. The van der Waals surface area contributed by atoms with Gasteiger partial charge in [-0.1, -0.05) is 44.9 Å². The number of methoxy groups -OCH3 is 2. The van der Waals surface area contributed by atoms with Crippen LogP contribution in [0.25, 0.3) is 11.1 Å². The second-order valence-corrected chi connectivity index (χ2v) is 8.10. The lowest BCUT2D eigenvalue weighted by molar-refractivity contribution is 0.132. The van der Waals surface area contributed by atoms with Crippen LogP contribution in [0.15, 0.2) is 30.5 Å². The van der Waals surface area contributed by atoms with E-state index in [1.807, 2.05) is 0 Å². The fraction of sp³-hybridized carbons (Fsp3) is 0.522. The number of aromatic nitrogens is 1. The smallest absolute Gasteiger partial charge is 0.213 e. The zero-order valence-corrected chi connectivity index (χ0v) is 16.8. The van der Waals surface area contributed by atoms with Gasteiger partial charge in [-0.15, -0.1) is 0 Å². The second-order valence-electron chi connectivity index (χ2n) is 8.10. The molecule has 1 aliphatic rings. The summed E-state index contributed by atoms with van der Waals surface area (Å²) < 4.78 is 25.6. The van der Waals surface area contributed by atoms with Crippen LogP contribution in [0.1, 0.15) is 50.7 Å². The fourth-order valence-electron chi connectivity index (χ4n) is 4.42. The van der Waals surface area contributed by atoms with Crippen molar-refractivity contribution in [3.8, 4) is 17.0 Å². The number of benzene rings is 1. The minimum Gasteiger partial charge on any atom is -0.481 e. The SMILES string of the molecule is COCC1(c2cc(CC(C)C)ccc2-c2cc(OC)ncc2F)CCCC1. The first-order valence-corrected chi connectivity index (χ1v) is 9.81. The minimum atomic E-state index is -0.320. The standard InChI is InChI=1S/C23H30FNO2/c1-16(2)11-17-7-8-18(19-13-22(27-4)25-14-21(19)24)20(12-17)23(15-26-3)9-5-6-10-23/h7-8,12-14,16H,5-6,9-11,15H2,1-4H3. The van der Waals surface area contributed by atoms with Gasteiger partial charge in [-0.2, -0.15) is 0 Å². The molecule has 146 valence electrons. The molecule has 1 aliphatic carbocycles. The summed E-state index contributed by atoms with van der Waals surface area (Å²) >= 11 is 0. The Hall–Kier alpha value is -1.94. The van der Waals surface area contributed by atoms with Gasteiger partial charge < -0.3 is 9.47 Å². The molecule has 0 aliphatic heterocycles. The molecule has 1 aromatic heterocycles. The predicted molar refractivity (Wildman–Crippen MR) is 107 cm³/mol. The van der Waals surface area contributed by atoms with Gasteiger partial charge in [0.25, 0.3) is 0 Å². The van der Waals surface area contributed by atoms with Crippen LogP contribution in [-0.2, 0) is 16.6 Å². The first-order chi connectivity index (χ1) is 13.0. The van der Waals surface area contributed by atoms with Crippen LogP contribution in [0.5, 0.6) is 5.88 Å². The third-order valence-corrected chi connectivity index (χ3v) is 5.61. The number of nitrogens with zero attached hydrogens (tertiary/aromatic N) is 1. The van der Waals surface area contributed by atoms with Crippen molar-refractivity contribution in [2.75, 3.05) is 20.8 Å². The van der Waals surface area contributed by atoms with Crippen molar-refractivity contribution in [1.29, 1.82) is 0 Å². The highest BCUT2D eigenvalue weighted by Crippen LogP contribution is 2.46. The summed E-state index contributed by atoms with van der Waals surface area (Å²) in [6.45, 7) is 5.11. The van der Waals surface area contributed by atoms with E-state index in [0.29, 0.717) is 24.0 Å². The molecule has 0 bridgehead atoms. The molecule has 0 amide bonds. The molecule has 3 rings (SSSR count). The van der Waals surface area contributed by atoms with Crippen molar-refractivity contribution in [3.05, 3.63) is 47.4 Å². The lowest BCUT2D eigenvalue weighted by atomic mass is 9.75. The van der Waals surface area contributed by atoms with E-state index in [1.165, 1.54) is 30.2 Å². The topological polar surface area (TPSA) is 31.4 Å². The van der Waals surface area contributed by atoms with Crippen molar-refractivity contribution in [3.63, 3.8) is 0 Å². The number of ether oxygens (including phenoxy) is 2. The van der Waals surface area contributed by atoms with Crippen LogP contribution in [0, 0.1) is 11.7 Å². The van der Waals surface area contributed by atoms with E-state index >= 15 is 0 Å². The van der Waals surface area contributed by atoms with Crippen molar-refractivity contribution < 1.29 is 13.9 Å². The summed E-state index contributed by atoms with van der Waals surface area (Å²) in [5.41, 5.74) is 3.93. The van der Waals surface area contributed by atoms with Crippen LogP contribution in [0.3, 0.4) is 0 Å². The van der Waals surface area contributed by atoms with Crippen molar-refractivity contribution in [2.45, 2.75) is 51.4 Å². The molecule has 4 heteroatoms. The van der Waals surface area contributed by atoms with E-state index in [1.54, 1.807) is 20.3 Å². The van der Waals surface area contributed by atoms with Gasteiger partial charge in [0.05, 0.1) is 19.9 Å². The van der Waals surface area contributed by atoms with Crippen LogP contribution < -0.4 is 4.74 Å². The Morgan fingerprint density at radius 2 is 1.85 bits per heavy atom. The third kappa shape index (κ3) is 4.16. The van der Waals surface area contributed by atoms with Crippen LogP contribution in [0.2, 0.25) is 0 Å². The van der Waals surface area contributed by atoms with Crippen LogP contribution >= 0.6 is 0 Å². The molecule has 1 heterocycles. The first-order valence-electron chi connectivity index (χ1n) is 9.81. The van der Waals surface area contributed by atoms with Crippen molar-refractivity contribution in [1.82, 2.24) is 4.98 Å². The molecule has 2 aromatic rings. The van der Waals surface area contributed by atoms with Crippen LogP contribution in [0.4, 0.5) is 4.39 Å². The van der Waals surface area contributed by atoms with Crippen LogP contribution in [-0.4, -0.2) is 25.8 Å². The Labute approximate surface area is 161 Å². The summed E-state index contributed by atoms with van der Waals surface area (Å²) in [5, 5.41) is 0. The van der Waals surface area contributed by atoms with E-state index in [2.05, 4.69) is 37.0 Å². The summed E-state index contributed by atoms with van der Waals surface area (Å²) in [4.78, 5) is 4.00. The monoisotopic (exact) mass is 371 g/mol. The van der Waals surface area contributed by atoms with Crippen molar-refractivity contribution >= 4 is 0 Å². The van der Waals surface area contributed by atoms with E-state index in [0.717, 1.165) is 24.8 Å². The highest BCUT2D eigenvalue weighted by atomic mass is 19.1. The normalized spacial score (nSPS) is 16.1. The van der Waals surface area contributed by atoms with Gasteiger partial charge in [0.15, 0.2) is 0 Å². The van der Waals surface area contributed by atoms with Gasteiger partial charge in [-0.05, 0) is 41.9 Å². The number of pyridine rings is 1. The average molecular weight is 371 g/mol. The van der Waals surface area contributed by atoms with Gasteiger partial charge in [0, 0.05) is 24.2 Å². The van der Waals surface area contributed by atoms with E-state index in [4.69, 9.17) is 9.47 Å². The zero-order chi connectivity index (χ0) is 19.4. The predicted octanol–water partition coefficient (Wildman–Crippen LogP) is 5.55. The van der Waals surface area contributed by atoms with Gasteiger partial charge in [-0.25, -0.2) is 9.37 Å². The maximum absolute atomic E-state index is 14.7. The summed E-state index contributed by atoms with van der Waals surface area (Å²) in [6, 6.07) is 8.18. The lowest BCUT2D eigenvalue weighted by Crippen LogP contribution is -2.29. The zero-order valence-electron chi connectivity index (χ0n) is 16.8. The Morgan fingerprint density at radius 3 is 2.48 bits per heavy atom. The number of hydrogen-bond donors (Lipinski definition) is 0. The Morgan fingerprint density at radius 1 is 1.11 bits per heavy atom.